The first-order chi connectivity index (χ1) is 5.86. The first-order valence-electron chi connectivity index (χ1n) is 4.48. The molecule has 2 saturated carbocycles. The summed E-state index contributed by atoms with van der Waals surface area (Å²) in [5.74, 6) is 1.49. The molecule has 2 fully saturated rings. The second kappa shape index (κ2) is 2.00. The van der Waals surface area contributed by atoms with E-state index in [0.29, 0.717) is 12.0 Å². The Balaban J connectivity index is 1.85. The molecule has 0 aromatic rings. The highest BCUT2D eigenvalue weighted by molar-refractivity contribution is 6.04. The Bertz CT molecular complexity index is 265. The lowest BCUT2D eigenvalue weighted by Crippen LogP contribution is -2.35. The number of amidine groups is 1. The minimum Gasteiger partial charge on any atom is -0.274 e. The van der Waals surface area contributed by atoms with E-state index >= 15 is 0 Å². The van der Waals surface area contributed by atoms with Crippen molar-refractivity contribution in [2.24, 2.45) is 11.0 Å². The van der Waals surface area contributed by atoms with Gasteiger partial charge in [-0.25, -0.2) is 4.79 Å². The maximum atomic E-state index is 11.2. The Labute approximate surface area is 70.6 Å². The lowest BCUT2D eigenvalue weighted by Gasteiger charge is -2.14. The number of nitrogens with zero attached hydrogens (tertiary/aromatic N) is 3. The molecule has 1 radical (unpaired) electrons. The van der Waals surface area contributed by atoms with Crippen LogP contribution in [0.15, 0.2) is 5.10 Å². The van der Waals surface area contributed by atoms with Gasteiger partial charge >= 0.3 is 6.03 Å². The van der Waals surface area contributed by atoms with E-state index in [1.165, 1.54) is 12.8 Å². The molecule has 1 heterocycles. The number of amides is 2. The number of hydrogen-bond donors (Lipinski definition) is 0. The molecule has 2 amide bonds. The first kappa shape index (κ1) is 6.46. The molecule has 4 heteroatoms. The maximum absolute atomic E-state index is 11.2. The fourth-order valence-corrected chi connectivity index (χ4v) is 1.58. The largest absolute Gasteiger partial charge is 0.367 e. The Morgan fingerprint density at radius 2 is 2.00 bits per heavy atom. The van der Waals surface area contributed by atoms with Crippen molar-refractivity contribution >= 4 is 11.9 Å². The molecule has 0 spiro atoms. The monoisotopic (exact) mass is 164 g/mol. The van der Waals surface area contributed by atoms with Gasteiger partial charge in [-0.05, 0) is 25.7 Å². The van der Waals surface area contributed by atoms with Crippen molar-refractivity contribution < 1.29 is 4.79 Å². The van der Waals surface area contributed by atoms with Gasteiger partial charge in [-0.2, -0.15) is 0 Å². The lowest BCUT2D eigenvalue weighted by atomic mass is 10.3. The van der Waals surface area contributed by atoms with Gasteiger partial charge in [0.1, 0.15) is 5.84 Å². The van der Waals surface area contributed by atoms with Crippen molar-refractivity contribution in [2.75, 3.05) is 0 Å². The van der Waals surface area contributed by atoms with Gasteiger partial charge in [0.05, 0.1) is 0 Å². The summed E-state index contributed by atoms with van der Waals surface area (Å²) in [5.41, 5.74) is 3.60. The second-order valence-electron chi connectivity index (χ2n) is 3.72. The van der Waals surface area contributed by atoms with Crippen LogP contribution in [-0.2, 0) is 0 Å². The highest BCUT2D eigenvalue weighted by Crippen LogP contribution is 2.38. The van der Waals surface area contributed by atoms with E-state index in [9.17, 15) is 4.79 Å². The number of rotatable bonds is 2. The molecule has 63 valence electrons. The van der Waals surface area contributed by atoms with Crippen molar-refractivity contribution in [2.45, 2.75) is 31.7 Å². The quantitative estimate of drug-likeness (QED) is 0.598. The lowest BCUT2D eigenvalue weighted by molar-refractivity contribution is 0.224. The van der Waals surface area contributed by atoms with Gasteiger partial charge in [0.2, 0.25) is 0 Å². The zero-order valence-corrected chi connectivity index (χ0v) is 6.73. The third-order valence-corrected chi connectivity index (χ3v) is 2.55. The van der Waals surface area contributed by atoms with Crippen molar-refractivity contribution in [1.29, 1.82) is 0 Å². The Hall–Kier alpha value is -1.06. The fraction of sp³-hybridized carbons (Fsp3) is 0.750. The Kier molecular flexibility index (Phi) is 1.07. The van der Waals surface area contributed by atoms with E-state index in [-0.39, 0.29) is 6.03 Å². The summed E-state index contributed by atoms with van der Waals surface area (Å²) in [6.45, 7) is 0. The van der Waals surface area contributed by atoms with E-state index in [0.717, 1.165) is 18.7 Å². The molecule has 2 aliphatic carbocycles. The van der Waals surface area contributed by atoms with Gasteiger partial charge in [0.25, 0.3) is 0 Å². The Morgan fingerprint density at radius 3 is 2.58 bits per heavy atom. The van der Waals surface area contributed by atoms with Crippen LogP contribution in [0.4, 0.5) is 4.79 Å². The average Bonchev–Trinajstić information content (AvgIpc) is 2.93. The van der Waals surface area contributed by atoms with Gasteiger partial charge in [-0.15, -0.1) is 5.10 Å². The summed E-state index contributed by atoms with van der Waals surface area (Å²) in [6.07, 6.45) is 4.63. The van der Waals surface area contributed by atoms with Crippen LogP contribution >= 0.6 is 0 Å². The molecule has 0 aromatic heterocycles. The van der Waals surface area contributed by atoms with Crippen LogP contribution in [0.25, 0.3) is 0 Å². The van der Waals surface area contributed by atoms with Crippen molar-refractivity contribution in [3.8, 4) is 0 Å². The first-order valence-corrected chi connectivity index (χ1v) is 4.48. The molecular formula is C8H10N3O. The number of hydrogen-bond acceptors (Lipinski definition) is 2. The van der Waals surface area contributed by atoms with Gasteiger partial charge < -0.3 is 0 Å². The molecule has 0 bridgehead atoms. The highest BCUT2D eigenvalue weighted by atomic mass is 16.2. The molecular weight excluding hydrogens is 154 g/mol. The van der Waals surface area contributed by atoms with Gasteiger partial charge in [-0.1, -0.05) is 5.43 Å². The summed E-state index contributed by atoms with van der Waals surface area (Å²) < 4.78 is 0. The minimum atomic E-state index is -0.139. The zero-order valence-electron chi connectivity index (χ0n) is 6.73. The summed E-state index contributed by atoms with van der Waals surface area (Å²) in [6, 6.07) is 0.294. The van der Waals surface area contributed by atoms with Gasteiger partial charge in [0.15, 0.2) is 0 Å². The molecule has 0 unspecified atom stereocenters. The summed E-state index contributed by atoms with van der Waals surface area (Å²) >= 11 is 0. The summed E-state index contributed by atoms with van der Waals surface area (Å²) in [5, 5.41) is 3.94. The maximum Gasteiger partial charge on any atom is 0.367 e. The molecule has 0 saturated heterocycles. The van der Waals surface area contributed by atoms with Crippen molar-refractivity contribution in [3.05, 3.63) is 0 Å². The van der Waals surface area contributed by atoms with E-state index in [2.05, 4.69) is 10.5 Å². The molecule has 12 heavy (non-hydrogen) atoms. The van der Waals surface area contributed by atoms with Crippen molar-refractivity contribution in [1.82, 2.24) is 10.3 Å². The smallest absolute Gasteiger partial charge is 0.274 e. The van der Waals surface area contributed by atoms with Crippen molar-refractivity contribution in [3.63, 3.8) is 0 Å². The standard InChI is InChI=1S/C8H10N3O/c12-8-10-9-7(5-1-2-5)11(8)6-3-4-6/h5-6H,1-4H2. The molecule has 1 aliphatic heterocycles. The topological polar surface area (TPSA) is 46.8 Å². The average molecular weight is 164 g/mol. The number of carbonyl (C=O) groups is 1. The molecule has 0 atom stereocenters. The van der Waals surface area contributed by atoms with E-state index in [4.69, 9.17) is 0 Å². The minimum absolute atomic E-state index is 0.139. The highest BCUT2D eigenvalue weighted by Gasteiger charge is 2.45. The number of carbonyl (C=O) groups excluding carboxylic acids is 1. The third-order valence-electron chi connectivity index (χ3n) is 2.55. The van der Waals surface area contributed by atoms with Crippen LogP contribution in [-0.4, -0.2) is 22.8 Å². The Morgan fingerprint density at radius 1 is 1.25 bits per heavy atom. The predicted octanol–water partition coefficient (Wildman–Crippen LogP) is 0.912. The van der Waals surface area contributed by atoms with E-state index < -0.39 is 0 Å². The van der Waals surface area contributed by atoms with E-state index in [1.54, 1.807) is 4.90 Å². The normalized spacial score (nSPS) is 28.8. The molecule has 0 aromatic carbocycles. The molecule has 0 N–H and O–H groups in total. The SMILES string of the molecule is O=C1[N]N=C(C2CC2)N1C1CC1. The molecule has 4 nitrogen and oxygen atoms in total. The van der Waals surface area contributed by atoms with Crippen LogP contribution in [0.1, 0.15) is 25.7 Å². The zero-order chi connectivity index (χ0) is 8.13. The van der Waals surface area contributed by atoms with Gasteiger partial charge in [0, 0.05) is 12.0 Å². The molecule has 3 aliphatic rings. The molecule has 3 rings (SSSR count). The summed E-state index contributed by atoms with van der Waals surface area (Å²) in [4.78, 5) is 13.0. The van der Waals surface area contributed by atoms with E-state index in [1.807, 2.05) is 0 Å². The van der Waals surface area contributed by atoms with Crippen LogP contribution in [0.3, 0.4) is 0 Å². The van der Waals surface area contributed by atoms with Gasteiger partial charge in [-0.3, -0.25) is 4.90 Å². The van der Waals surface area contributed by atoms with Crippen LogP contribution < -0.4 is 5.43 Å². The van der Waals surface area contributed by atoms with Crippen LogP contribution in [0.2, 0.25) is 0 Å². The van der Waals surface area contributed by atoms with Crippen LogP contribution in [0.5, 0.6) is 0 Å². The second-order valence-corrected chi connectivity index (χ2v) is 3.72. The fourth-order valence-electron chi connectivity index (χ4n) is 1.58. The summed E-state index contributed by atoms with van der Waals surface area (Å²) in [7, 11) is 0. The predicted molar refractivity (Wildman–Crippen MR) is 42.6 cm³/mol. The number of urea groups is 1. The third kappa shape index (κ3) is 0.838. The van der Waals surface area contributed by atoms with Crippen LogP contribution in [0, 0.1) is 5.92 Å².